The lowest BCUT2D eigenvalue weighted by Gasteiger charge is -2.17. The normalized spacial score (nSPS) is 14.4. The van der Waals surface area contributed by atoms with Gasteiger partial charge in [-0.15, -0.1) is 0 Å². The van der Waals surface area contributed by atoms with E-state index in [1.54, 1.807) is 11.9 Å². The van der Waals surface area contributed by atoms with Gasteiger partial charge in [-0.25, -0.2) is 4.39 Å². The second-order valence-corrected chi connectivity index (χ2v) is 5.15. The van der Waals surface area contributed by atoms with Gasteiger partial charge >= 0.3 is 0 Å². The van der Waals surface area contributed by atoms with Gasteiger partial charge < -0.3 is 10.2 Å². The summed E-state index contributed by atoms with van der Waals surface area (Å²) >= 11 is 11.7. The fourth-order valence-electron chi connectivity index (χ4n) is 1.67. The lowest BCUT2D eigenvalue weighted by Crippen LogP contribution is -2.33. The van der Waals surface area contributed by atoms with Gasteiger partial charge in [0.25, 0.3) is 0 Å². The highest BCUT2D eigenvalue weighted by molar-refractivity contribution is 6.39. The summed E-state index contributed by atoms with van der Waals surface area (Å²) in [6.07, 6.45) is 2.11. The van der Waals surface area contributed by atoms with E-state index in [0.29, 0.717) is 11.7 Å². The van der Waals surface area contributed by atoms with Crippen LogP contribution in [0, 0.1) is 5.82 Å². The molecule has 1 aliphatic rings. The molecule has 18 heavy (non-hydrogen) atoms. The second-order valence-electron chi connectivity index (χ2n) is 4.33. The molecule has 1 amide bonds. The monoisotopic (exact) mass is 290 g/mol. The number of carbonyl (C=O) groups excluding carboxylic acids is 1. The summed E-state index contributed by atoms with van der Waals surface area (Å²) in [6, 6.07) is 2.67. The molecule has 0 radical (unpaired) electrons. The van der Waals surface area contributed by atoms with Crippen LogP contribution in [0.25, 0.3) is 0 Å². The van der Waals surface area contributed by atoms with Crippen molar-refractivity contribution >= 4 is 34.8 Å². The van der Waals surface area contributed by atoms with Crippen LogP contribution in [0.15, 0.2) is 12.1 Å². The first kappa shape index (κ1) is 13.4. The molecule has 0 aromatic heterocycles. The van der Waals surface area contributed by atoms with E-state index in [4.69, 9.17) is 23.2 Å². The molecular weight excluding hydrogens is 278 g/mol. The highest BCUT2D eigenvalue weighted by Crippen LogP contribution is 2.31. The number of nitrogens with zero attached hydrogens (tertiary/aromatic N) is 1. The van der Waals surface area contributed by atoms with Crippen molar-refractivity contribution < 1.29 is 9.18 Å². The predicted molar refractivity (Wildman–Crippen MR) is 70.7 cm³/mol. The minimum Gasteiger partial charge on any atom is -0.374 e. The highest BCUT2D eigenvalue weighted by atomic mass is 35.5. The van der Waals surface area contributed by atoms with E-state index in [1.807, 2.05) is 0 Å². The molecule has 1 aliphatic carbocycles. The number of likely N-dealkylation sites (N-methyl/N-ethyl adjacent to an activating group) is 1. The molecule has 98 valence electrons. The van der Waals surface area contributed by atoms with E-state index in [0.717, 1.165) is 25.0 Å². The van der Waals surface area contributed by atoms with Gasteiger partial charge in [-0.05, 0) is 25.0 Å². The summed E-state index contributed by atoms with van der Waals surface area (Å²) in [5.74, 6) is -0.536. The molecule has 0 bridgehead atoms. The number of hydrogen-bond donors (Lipinski definition) is 1. The molecule has 6 heteroatoms. The summed E-state index contributed by atoms with van der Waals surface area (Å²) in [6.45, 7) is 0.0953. The Balaban J connectivity index is 1.99. The van der Waals surface area contributed by atoms with Crippen LogP contribution >= 0.6 is 23.2 Å². The zero-order chi connectivity index (χ0) is 13.3. The van der Waals surface area contributed by atoms with Crippen molar-refractivity contribution in [2.75, 3.05) is 18.9 Å². The van der Waals surface area contributed by atoms with Gasteiger partial charge in [0, 0.05) is 13.1 Å². The number of rotatable bonds is 4. The molecule has 1 N–H and O–H groups in total. The topological polar surface area (TPSA) is 32.3 Å². The number of benzene rings is 1. The van der Waals surface area contributed by atoms with Gasteiger partial charge in [0.2, 0.25) is 5.91 Å². The zero-order valence-corrected chi connectivity index (χ0v) is 11.4. The molecule has 2 rings (SSSR count). The van der Waals surface area contributed by atoms with Gasteiger partial charge in [0.15, 0.2) is 0 Å². The summed E-state index contributed by atoms with van der Waals surface area (Å²) in [7, 11) is 1.77. The van der Waals surface area contributed by atoms with E-state index >= 15 is 0 Å². The largest absolute Gasteiger partial charge is 0.374 e. The Hall–Kier alpha value is -1.00. The maximum Gasteiger partial charge on any atom is 0.241 e. The fourth-order valence-corrected chi connectivity index (χ4v) is 2.26. The van der Waals surface area contributed by atoms with Gasteiger partial charge in [-0.3, -0.25) is 4.79 Å². The van der Waals surface area contributed by atoms with Crippen LogP contribution in [0.1, 0.15) is 12.8 Å². The molecule has 0 heterocycles. The molecule has 0 unspecified atom stereocenters. The number of amides is 1. The van der Waals surface area contributed by atoms with Crippen LogP contribution in [0.2, 0.25) is 10.0 Å². The van der Waals surface area contributed by atoms with Crippen molar-refractivity contribution in [3.8, 4) is 0 Å². The minimum atomic E-state index is -0.503. The Labute approximate surface area is 115 Å². The summed E-state index contributed by atoms with van der Waals surface area (Å²) in [5.41, 5.74) is 0.386. The first-order valence-electron chi connectivity index (χ1n) is 5.63. The molecule has 0 saturated heterocycles. The fraction of sp³-hybridized carbons (Fsp3) is 0.417. The quantitative estimate of drug-likeness (QED) is 0.924. The summed E-state index contributed by atoms with van der Waals surface area (Å²) in [4.78, 5) is 13.5. The average molecular weight is 291 g/mol. The predicted octanol–water partition coefficient (Wildman–Crippen LogP) is 3.17. The van der Waals surface area contributed by atoms with E-state index in [9.17, 15) is 9.18 Å². The van der Waals surface area contributed by atoms with E-state index in [1.165, 1.54) is 0 Å². The van der Waals surface area contributed by atoms with Crippen molar-refractivity contribution in [3.63, 3.8) is 0 Å². The van der Waals surface area contributed by atoms with Crippen molar-refractivity contribution in [1.29, 1.82) is 0 Å². The summed E-state index contributed by atoms with van der Waals surface area (Å²) in [5, 5.41) is 3.19. The molecule has 1 aromatic carbocycles. The molecule has 1 fully saturated rings. The highest BCUT2D eigenvalue weighted by Gasteiger charge is 2.29. The van der Waals surface area contributed by atoms with Crippen LogP contribution in [0.5, 0.6) is 0 Å². The first-order chi connectivity index (χ1) is 8.49. The Morgan fingerprint density at radius 2 is 2.00 bits per heavy atom. The molecule has 3 nitrogen and oxygen atoms in total. The number of anilines is 1. The van der Waals surface area contributed by atoms with Gasteiger partial charge in [-0.1, -0.05) is 23.2 Å². The SMILES string of the molecule is CN(C(=O)CNc1c(Cl)cc(F)cc1Cl)C1CC1. The number of hydrogen-bond acceptors (Lipinski definition) is 2. The lowest BCUT2D eigenvalue weighted by molar-refractivity contribution is -0.128. The second kappa shape index (κ2) is 5.33. The third-order valence-corrected chi connectivity index (χ3v) is 3.51. The lowest BCUT2D eigenvalue weighted by atomic mass is 10.3. The molecule has 0 spiro atoms. The number of halogens is 3. The van der Waals surface area contributed by atoms with Gasteiger partial charge in [0.1, 0.15) is 5.82 Å². The van der Waals surface area contributed by atoms with Crippen LogP contribution in [-0.2, 0) is 4.79 Å². The van der Waals surface area contributed by atoms with Crippen molar-refractivity contribution in [3.05, 3.63) is 28.0 Å². The van der Waals surface area contributed by atoms with Crippen molar-refractivity contribution in [2.45, 2.75) is 18.9 Å². The Bertz CT molecular complexity index is 454. The van der Waals surface area contributed by atoms with Crippen molar-refractivity contribution in [1.82, 2.24) is 4.90 Å². The summed E-state index contributed by atoms with van der Waals surface area (Å²) < 4.78 is 13.0. The Kier molecular flexibility index (Phi) is 3.97. The standard InChI is InChI=1S/C12H13Cl2FN2O/c1-17(8-2-3-8)11(18)6-16-12-9(13)4-7(15)5-10(12)14/h4-5,8,16H,2-3,6H2,1H3. The van der Waals surface area contributed by atoms with Crippen LogP contribution in [-0.4, -0.2) is 30.4 Å². The maximum atomic E-state index is 13.0. The van der Waals surface area contributed by atoms with E-state index in [2.05, 4.69) is 5.32 Å². The molecule has 0 atom stereocenters. The third kappa shape index (κ3) is 3.06. The van der Waals surface area contributed by atoms with Crippen molar-refractivity contribution in [2.24, 2.45) is 0 Å². The average Bonchev–Trinajstić information content (AvgIpc) is 3.09. The minimum absolute atomic E-state index is 0.0334. The van der Waals surface area contributed by atoms with Crippen LogP contribution < -0.4 is 5.32 Å². The van der Waals surface area contributed by atoms with Gasteiger partial charge in [0.05, 0.1) is 22.3 Å². The molecule has 1 aromatic rings. The Morgan fingerprint density at radius 1 is 1.44 bits per heavy atom. The van der Waals surface area contributed by atoms with E-state index in [-0.39, 0.29) is 22.5 Å². The first-order valence-corrected chi connectivity index (χ1v) is 6.38. The Morgan fingerprint density at radius 3 is 2.50 bits per heavy atom. The molecule has 1 saturated carbocycles. The van der Waals surface area contributed by atoms with E-state index < -0.39 is 5.82 Å². The maximum absolute atomic E-state index is 13.0. The number of carbonyl (C=O) groups is 1. The van der Waals surface area contributed by atoms with Crippen LogP contribution in [0.3, 0.4) is 0 Å². The number of nitrogens with one attached hydrogen (secondary N) is 1. The van der Waals surface area contributed by atoms with Gasteiger partial charge in [-0.2, -0.15) is 0 Å². The van der Waals surface area contributed by atoms with Crippen LogP contribution in [0.4, 0.5) is 10.1 Å². The molecule has 0 aliphatic heterocycles. The smallest absolute Gasteiger partial charge is 0.241 e. The molecular formula is C12H13Cl2FN2O. The third-order valence-electron chi connectivity index (χ3n) is 2.91. The zero-order valence-electron chi connectivity index (χ0n) is 9.84.